The van der Waals surface area contributed by atoms with Crippen molar-refractivity contribution in [1.82, 2.24) is 10.2 Å². The van der Waals surface area contributed by atoms with Gasteiger partial charge in [-0.2, -0.15) is 0 Å². The Morgan fingerprint density at radius 3 is 2.32 bits per heavy atom. The van der Waals surface area contributed by atoms with Gasteiger partial charge in [0.2, 0.25) is 0 Å². The van der Waals surface area contributed by atoms with Gasteiger partial charge in [-0.25, -0.2) is 8.42 Å². The van der Waals surface area contributed by atoms with Gasteiger partial charge in [0.15, 0.2) is 9.84 Å². The van der Waals surface area contributed by atoms with Gasteiger partial charge in [0.1, 0.15) is 0 Å². The lowest BCUT2D eigenvalue weighted by Crippen LogP contribution is -2.36. The lowest BCUT2D eigenvalue weighted by atomic mass is 9.99. The van der Waals surface area contributed by atoms with Gasteiger partial charge in [0.05, 0.1) is 11.5 Å². The minimum absolute atomic E-state index is 0.00819. The zero-order chi connectivity index (χ0) is 19.7. The molecule has 0 spiro atoms. The molecule has 2 aliphatic rings. The molecule has 2 heterocycles. The minimum Gasteiger partial charge on any atom is -0.348 e. The highest BCUT2D eigenvalue weighted by Crippen LogP contribution is 2.20. The molecule has 28 heavy (non-hydrogen) atoms. The average Bonchev–Trinajstić information content (AvgIpc) is 3.05. The molecule has 0 aliphatic carbocycles. The number of amides is 2. The summed E-state index contributed by atoms with van der Waals surface area (Å²) in [5.41, 5.74) is 3.42. The molecule has 7 heteroatoms. The average molecular weight is 398 g/mol. The Kier molecular flexibility index (Phi) is 4.93. The monoisotopic (exact) mass is 398 g/mol. The van der Waals surface area contributed by atoms with Crippen LogP contribution in [0.1, 0.15) is 38.3 Å². The van der Waals surface area contributed by atoms with Crippen molar-refractivity contribution in [2.45, 2.75) is 25.4 Å². The number of hydrogen-bond donors (Lipinski definition) is 1. The van der Waals surface area contributed by atoms with Crippen molar-refractivity contribution in [1.29, 1.82) is 0 Å². The fourth-order valence-corrected chi connectivity index (χ4v) is 5.47. The van der Waals surface area contributed by atoms with Crippen molar-refractivity contribution in [2.24, 2.45) is 0 Å². The molecule has 0 radical (unpaired) electrons. The first-order chi connectivity index (χ1) is 13.4. The van der Waals surface area contributed by atoms with E-state index in [0.717, 1.165) is 6.42 Å². The van der Waals surface area contributed by atoms with Gasteiger partial charge in [-0.15, -0.1) is 0 Å². The minimum atomic E-state index is -3.04. The van der Waals surface area contributed by atoms with Gasteiger partial charge in [-0.1, -0.05) is 24.3 Å². The van der Waals surface area contributed by atoms with Crippen LogP contribution in [0.5, 0.6) is 0 Å². The third kappa shape index (κ3) is 3.94. The zero-order valence-electron chi connectivity index (χ0n) is 15.4. The van der Waals surface area contributed by atoms with Crippen LogP contribution in [0.2, 0.25) is 0 Å². The Bertz CT molecular complexity index is 1010. The molecule has 0 aromatic heterocycles. The summed E-state index contributed by atoms with van der Waals surface area (Å²) in [6.45, 7) is 1.27. The fourth-order valence-electron chi connectivity index (χ4n) is 3.79. The number of carbonyl (C=O) groups excluding carboxylic acids is 2. The molecule has 2 amide bonds. The maximum Gasteiger partial charge on any atom is 0.254 e. The summed E-state index contributed by atoms with van der Waals surface area (Å²) in [7, 11) is -3.04. The van der Waals surface area contributed by atoms with E-state index in [4.69, 9.17) is 0 Å². The molecule has 1 fully saturated rings. The van der Waals surface area contributed by atoms with Crippen LogP contribution in [0.15, 0.2) is 48.5 Å². The predicted octanol–water partition coefficient (Wildman–Crippen LogP) is 1.80. The molecule has 6 nitrogen and oxygen atoms in total. The van der Waals surface area contributed by atoms with E-state index in [1.165, 1.54) is 11.1 Å². The van der Waals surface area contributed by atoms with Gasteiger partial charge in [0.25, 0.3) is 11.8 Å². The van der Waals surface area contributed by atoms with Crippen LogP contribution in [0.4, 0.5) is 0 Å². The molecule has 2 aromatic carbocycles. The molecular formula is C21H22N2O4S. The molecule has 1 unspecified atom stereocenters. The van der Waals surface area contributed by atoms with E-state index in [-0.39, 0.29) is 29.4 Å². The molecule has 1 saturated heterocycles. The van der Waals surface area contributed by atoms with Gasteiger partial charge >= 0.3 is 0 Å². The molecule has 2 aromatic rings. The van der Waals surface area contributed by atoms with Crippen LogP contribution in [-0.4, -0.2) is 49.2 Å². The summed E-state index contributed by atoms with van der Waals surface area (Å²) in [5.74, 6) is -0.257. The van der Waals surface area contributed by atoms with Crippen LogP contribution in [0, 0.1) is 0 Å². The van der Waals surface area contributed by atoms with Crippen molar-refractivity contribution in [3.05, 3.63) is 70.8 Å². The number of nitrogens with zero attached hydrogens (tertiary/aromatic N) is 1. The predicted molar refractivity (Wildman–Crippen MR) is 106 cm³/mol. The van der Waals surface area contributed by atoms with E-state index in [2.05, 4.69) is 11.4 Å². The first kappa shape index (κ1) is 18.7. The maximum absolute atomic E-state index is 12.8. The number of rotatable bonds is 3. The largest absolute Gasteiger partial charge is 0.348 e. The highest BCUT2D eigenvalue weighted by molar-refractivity contribution is 7.91. The van der Waals surface area contributed by atoms with Crippen LogP contribution in [0.25, 0.3) is 0 Å². The number of carbonyl (C=O) groups is 2. The molecule has 146 valence electrons. The van der Waals surface area contributed by atoms with Gasteiger partial charge in [0, 0.05) is 30.3 Å². The van der Waals surface area contributed by atoms with Gasteiger partial charge < -0.3 is 10.2 Å². The first-order valence-electron chi connectivity index (χ1n) is 9.39. The molecule has 2 aliphatic heterocycles. The van der Waals surface area contributed by atoms with Crippen molar-refractivity contribution < 1.29 is 18.0 Å². The Morgan fingerprint density at radius 2 is 1.64 bits per heavy atom. The molecular weight excluding hydrogens is 376 g/mol. The summed E-state index contributed by atoms with van der Waals surface area (Å²) < 4.78 is 23.0. The second-order valence-electron chi connectivity index (χ2n) is 7.40. The molecule has 0 bridgehead atoms. The topological polar surface area (TPSA) is 83.5 Å². The summed E-state index contributed by atoms with van der Waals surface area (Å²) in [4.78, 5) is 27.0. The normalized spacial score (nSPS) is 20.4. The number of sulfone groups is 1. The van der Waals surface area contributed by atoms with Crippen LogP contribution in [0.3, 0.4) is 0 Å². The Labute approximate surface area is 164 Å². The highest BCUT2D eigenvalue weighted by atomic mass is 32.2. The van der Waals surface area contributed by atoms with E-state index >= 15 is 0 Å². The van der Waals surface area contributed by atoms with E-state index < -0.39 is 9.84 Å². The third-order valence-corrected chi connectivity index (χ3v) is 7.15. The van der Waals surface area contributed by atoms with Gasteiger partial charge in [-0.3, -0.25) is 9.59 Å². The Balaban J connectivity index is 1.40. The maximum atomic E-state index is 12.8. The summed E-state index contributed by atoms with van der Waals surface area (Å²) in [5, 5.41) is 2.76. The third-order valence-electron chi connectivity index (χ3n) is 5.38. The van der Waals surface area contributed by atoms with E-state index in [1.54, 1.807) is 24.3 Å². The lowest BCUT2D eigenvalue weighted by Gasteiger charge is -2.29. The summed E-state index contributed by atoms with van der Waals surface area (Å²) >= 11 is 0. The van der Waals surface area contributed by atoms with Crippen molar-refractivity contribution in [3.8, 4) is 0 Å². The second kappa shape index (κ2) is 7.39. The summed E-state index contributed by atoms with van der Waals surface area (Å²) in [6.07, 6.45) is 1.29. The SMILES string of the molecule is O=C(NC1CCS(=O)(=O)C1)c1ccc(C(=O)N2CCc3ccccc3C2)cc1. The van der Waals surface area contributed by atoms with Crippen LogP contribution < -0.4 is 5.32 Å². The molecule has 4 rings (SSSR count). The first-order valence-corrected chi connectivity index (χ1v) is 11.2. The standard InChI is InChI=1S/C21H22N2O4S/c24-20(22-19-10-12-28(26,27)14-19)16-5-7-17(8-6-16)21(25)23-11-9-15-3-1-2-4-18(15)13-23/h1-8,19H,9-14H2,(H,22,24). The number of hydrogen-bond acceptors (Lipinski definition) is 4. The lowest BCUT2D eigenvalue weighted by molar-refractivity contribution is 0.0734. The van der Waals surface area contributed by atoms with Crippen LogP contribution in [-0.2, 0) is 22.8 Å². The Morgan fingerprint density at radius 1 is 0.964 bits per heavy atom. The smallest absolute Gasteiger partial charge is 0.254 e. The zero-order valence-corrected chi connectivity index (χ0v) is 16.2. The van der Waals surface area contributed by atoms with E-state index in [9.17, 15) is 18.0 Å². The summed E-state index contributed by atoms with van der Waals surface area (Å²) in [6, 6.07) is 14.3. The van der Waals surface area contributed by atoms with Crippen molar-refractivity contribution in [2.75, 3.05) is 18.1 Å². The van der Waals surface area contributed by atoms with E-state index in [0.29, 0.717) is 30.6 Å². The second-order valence-corrected chi connectivity index (χ2v) is 9.62. The number of benzene rings is 2. The van der Waals surface area contributed by atoms with Crippen LogP contribution >= 0.6 is 0 Å². The highest BCUT2D eigenvalue weighted by Gasteiger charge is 2.29. The van der Waals surface area contributed by atoms with E-state index in [1.807, 2.05) is 23.1 Å². The number of nitrogens with one attached hydrogen (secondary N) is 1. The van der Waals surface area contributed by atoms with Gasteiger partial charge in [-0.05, 0) is 48.2 Å². The van der Waals surface area contributed by atoms with Crippen molar-refractivity contribution in [3.63, 3.8) is 0 Å². The molecule has 1 N–H and O–H groups in total. The fraction of sp³-hybridized carbons (Fsp3) is 0.333. The Hall–Kier alpha value is -2.67. The quantitative estimate of drug-likeness (QED) is 0.855. The molecule has 0 saturated carbocycles. The number of fused-ring (bicyclic) bond motifs is 1. The van der Waals surface area contributed by atoms with Crippen molar-refractivity contribution >= 4 is 21.7 Å². The molecule has 1 atom stereocenters.